The van der Waals surface area contributed by atoms with Crippen LogP contribution in [0.15, 0.2) is 4.79 Å². The average Bonchev–Trinajstić information content (AvgIpc) is 2.31. The Labute approximate surface area is 124 Å². The molecule has 1 N–H and O–H groups in total. The van der Waals surface area contributed by atoms with Gasteiger partial charge in [-0.15, -0.1) is 0 Å². The van der Waals surface area contributed by atoms with E-state index in [1.165, 1.54) is 0 Å². The van der Waals surface area contributed by atoms with Crippen LogP contribution in [0.4, 0.5) is 0 Å². The van der Waals surface area contributed by atoms with Gasteiger partial charge in [-0.3, -0.25) is 9.36 Å². The summed E-state index contributed by atoms with van der Waals surface area (Å²) < 4.78 is 1.64. The quantitative estimate of drug-likeness (QED) is 0.875. The average molecular weight is 293 g/mol. The molecule has 0 radical (unpaired) electrons. The van der Waals surface area contributed by atoms with Crippen LogP contribution in [0.25, 0.3) is 0 Å². The molecule has 1 aliphatic rings. The molecule has 1 saturated carbocycles. The van der Waals surface area contributed by atoms with Crippen LogP contribution in [0.1, 0.15) is 36.2 Å². The number of nitrogens with zero attached hydrogens (tertiary/aromatic N) is 3. The first kappa shape index (κ1) is 15.7. The summed E-state index contributed by atoms with van der Waals surface area (Å²) >= 11 is 0. The first-order valence-corrected chi connectivity index (χ1v) is 7.23. The third kappa shape index (κ3) is 2.85. The molecule has 21 heavy (non-hydrogen) atoms. The highest BCUT2D eigenvalue weighted by atomic mass is 16.4. The van der Waals surface area contributed by atoms with Crippen molar-refractivity contribution in [1.82, 2.24) is 14.5 Å². The summed E-state index contributed by atoms with van der Waals surface area (Å²) in [6, 6.07) is 0. The molecule has 0 aliphatic heterocycles. The lowest BCUT2D eigenvalue weighted by molar-refractivity contribution is -0.136. The van der Waals surface area contributed by atoms with Crippen molar-refractivity contribution in [3.05, 3.63) is 27.4 Å². The Balaban J connectivity index is 2.44. The number of hydrogen-bond acceptors (Lipinski definition) is 4. The summed E-state index contributed by atoms with van der Waals surface area (Å²) in [5, 5.41) is 9.03. The number of carbonyl (C=O) groups is 1. The van der Waals surface area contributed by atoms with E-state index in [2.05, 4.69) is 9.88 Å². The zero-order valence-electron chi connectivity index (χ0n) is 13.1. The fourth-order valence-electron chi connectivity index (χ4n) is 3.06. The minimum Gasteiger partial charge on any atom is -0.481 e. The lowest BCUT2D eigenvalue weighted by atomic mass is 9.75. The van der Waals surface area contributed by atoms with Crippen LogP contribution in [-0.4, -0.2) is 45.2 Å². The predicted octanol–water partition coefficient (Wildman–Crippen LogP) is 0.972. The zero-order valence-corrected chi connectivity index (χ0v) is 13.1. The van der Waals surface area contributed by atoms with E-state index in [9.17, 15) is 9.59 Å². The maximum Gasteiger partial charge on any atom is 0.348 e. The predicted molar refractivity (Wildman–Crippen MR) is 79.6 cm³/mol. The molecule has 1 aliphatic carbocycles. The van der Waals surface area contributed by atoms with Crippen molar-refractivity contribution in [3.8, 4) is 0 Å². The number of rotatable bonds is 5. The minimum atomic E-state index is -0.904. The Kier molecular flexibility index (Phi) is 4.18. The standard InChI is InChI=1S/C15H23N3O3/c1-10-12(8-13(19)20)11(2)18(14(21)16-10)9-15(17(3)4)6-5-7-15/h5-9H2,1-4H3,(H,19,20). The van der Waals surface area contributed by atoms with Gasteiger partial charge in [-0.1, -0.05) is 0 Å². The summed E-state index contributed by atoms with van der Waals surface area (Å²) in [6.07, 6.45) is 3.16. The van der Waals surface area contributed by atoms with Gasteiger partial charge in [-0.05, 0) is 47.2 Å². The highest BCUT2D eigenvalue weighted by Gasteiger charge is 2.40. The van der Waals surface area contributed by atoms with E-state index in [0.29, 0.717) is 17.8 Å². The number of aliphatic carboxylic acids is 1. The smallest absolute Gasteiger partial charge is 0.348 e. The Morgan fingerprint density at radius 3 is 2.43 bits per heavy atom. The number of aryl methyl sites for hydroxylation is 1. The van der Waals surface area contributed by atoms with E-state index in [-0.39, 0.29) is 17.6 Å². The molecule has 0 unspecified atom stereocenters. The molecule has 0 saturated heterocycles. The summed E-state index contributed by atoms with van der Waals surface area (Å²) in [7, 11) is 4.05. The van der Waals surface area contributed by atoms with Crippen LogP contribution in [-0.2, 0) is 17.8 Å². The summed E-state index contributed by atoms with van der Waals surface area (Å²) in [6.45, 7) is 4.09. The third-order valence-electron chi connectivity index (χ3n) is 4.79. The van der Waals surface area contributed by atoms with E-state index in [1.807, 2.05) is 21.0 Å². The maximum atomic E-state index is 12.2. The van der Waals surface area contributed by atoms with Crippen LogP contribution in [0.5, 0.6) is 0 Å². The molecule has 0 atom stereocenters. The molecule has 1 fully saturated rings. The van der Waals surface area contributed by atoms with Crippen molar-refractivity contribution in [2.24, 2.45) is 0 Å². The lowest BCUT2D eigenvalue weighted by Crippen LogP contribution is -2.54. The largest absolute Gasteiger partial charge is 0.481 e. The summed E-state index contributed by atoms with van der Waals surface area (Å²) in [4.78, 5) is 29.4. The Morgan fingerprint density at radius 1 is 1.38 bits per heavy atom. The van der Waals surface area contributed by atoms with Crippen molar-refractivity contribution in [2.75, 3.05) is 14.1 Å². The van der Waals surface area contributed by atoms with Crippen molar-refractivity contribution in [1.29, 1.82) is 0 Å². The zero-order chi connectivity index (χ0) is 15.8. The van der Waals surface area contributed by atoms with Crippen molar-refractivity contribution >= 4 is 5.97 Å². The molecular weight excluding hydrogens is 270 g/mol. The SMILES string of the molecule is Cc1nc(=O)n(CC2(N(C)C)CCC2)c(C)c1CC(=O)O. The topological polar surface area (TPSA) is 75.4 Å². The Hall–Kier alpha value is -1.69. The van der Waals surface area contributed by atoms with E-state index in [1.54, 1.807) is 11.5 Å². The van der Waals surface area contributed by atoms with Gasteiger partial charge in [0.25, 0.3) is 0 Å². The van der Waals surface area contributed by atoms with Crippen molar-refractivity contribution < 1.29 is 9.90 Å². The van der Waals surface area contributed by atoms with E-state index in [4.69, 9.17) is 5.11 Å². The van der Waals surface area contributed by atoms with E-state index < -0.39 is 5.97 Å². The molecule has 0 bridgehead atoms. The second-order valence-electron chi connectivity index (χ2n) is 6.17. The number of hydrogen-bond donors (Lipinski definition) is 1. The van der Waals surface area contributed by atoms with Crippen LogP contribution in [0.3, 0.4) is 0 Å². The van der Waals surface area contributed by atoms with E-state index >= 15 is 0 Å². The van der Waals surface area contributed by atoms with Crippen LogP contribution in [0.2, 0.25) is 0 Å². The van der Waals surface area contributed by atoms with Gasteiger partial charge in [-0.25, -0.2) is 4.79 Å². The number of carboxylic acid groups (broad SMARTS) is 1. The fraction of sp³-hybridized carbons (Fsp3) is 0.667. The number of carboxylic acids is 1. The van der Waals surface area contributed by atoms with Gasteiger partial charge in [0.1, 0.15) is 0 Å². The Morgan fingerprint density at radius 2 is 2.00 bits per heavy atom. The van der Waals surface area contributed by atoms with E-state index in [0.717, 1.165) is 25.0 Å². The minimum absolute atomic E-state index is 0.00792. The molecule has 0 spiro atoms. The molecule has 116 valence electrons. The van der Waals surface area contributed by atoms with Gasteiger partial charge in [0.15, 0.2) is 0 Å². The third-order valence-corrected chi connectivity index (χ3v) is 4.79. The molecular formula is C15H23N3O3. The molecule has 0 amide bonds. The van der Waals surface area contributed by atoms with Gasteiger partial charge in [-0.2, -0.15) is 4.98 Å². The number of aromatic nitrogens is 2. The molecule has 1 aromatic rings. The highest BCUT2D eigenvalue weighted by molar-refractivity contribution is 5.70. The Bertz CT molecular complexity index is 615. The van der Waals surface area contributed by atoms with Crippen molar-refractivity contribution in [3.63, 3.8) is 0 Å². The van der Waals surface area contributed by atoms with Crippen LogP contribution in [0, 0.1) is 13.8 Å². The van der Waals surface area contributed by atoms with Gasteiger partial charge in [0, 0.05) is 29.0 Å². The molecule has 2 rings (SSSR count). The van der Waals surface area contributed by atoms with Gasteiger partial charge in [0.2, 0.25) is 0 Å². The van der Waals surface area contributed by atoms with Gasteiger partial charge in [0.05, 0.1) is 6.42 Å². The lowest BCUT2D eigenvalue weighted by Gasteiger charge is -2.47. The number of likely N-dealkylation sites (N-methyl/N-ethyl adjacent to an activating group) is 1. The summed E-state index contributed by atoms with van der Waals surface area (Å²) in [5.41, 5.74) is 1.60. The van der Waals surface area contributed by atoms with Crippen LogP contribution < -0.4 is 5.69 Å². The normalized spacial score (nSPS) is 16.8. The van der Waals surface area contributed by atoms with Crippen LogP contribution >= 0.6 is 0 Å². The van der Waals surface area contributed by atoms with Gasteiger partial charge >= 0.3 is 11.7 Å². The van der Waals surface area contributed by atoms with Crippen molar-refractivity contribution in [2.45, 2.75) is 51.6 Å². The van der Waals surface area contributed by atoms with Gasteiger partial charge < -0.3 is 10.0 Å². The monoisotopic (exact) mass is 293 g/mol. The highest BCUT2D eigenvalue weighted by Crippen LogP contribution is 2.37. The molecule has 0 aromatic carbocycles. The maximum absolute atomic E-state index is 12.2. The molecule has 6 heteroatoms. The molecule has 1 heterocycles. The summed E-state index contributed by atoms with van der Waals surface area (Å²) in [5.74, 6) is -0.904. The molecule has 6 nitrogen and oxygen atoms in total. The fourth-order valence-corrected chi connectivity index (χ4v) is 3.06. The second kappa shape index (κ2) is 5.60. The first-order chi connectivity index (χ1) is 9.77. The first-order valence-electron chi connectivity index (χ1n) is 7.23. The molecule has 1 aromatic heterocycles. The second-order valence-corrected chi connectivity index (χ2v) is 6.17.